The fraction of sp³-hybridized carbons (Fsp3) is 0.171. The predicted octanol–water partition coefficient (Wildman–Crippen LogP) is 7.16. The van der Waals surface area contributed by atoms with Crippen molar-refractivity contribution in [1.82, 2.24) is 14.5 Å². The predicted molar refractivity (Wildman–Crippen MR) is 165 cm³/mol. The molecule has 0 aliphatic rings. The number of nitrogens with zero attached hydrogens (tertiary/aromatic N) is 3. The molecule has 2 heterocycles. The number of hydrogen-bond donors (Lipinski definition) is 2. The van der Waals surface area contributed by atoms with Gasteiger partial charge in [0.1, 0.15) is 23.8 Å². The summed E-state index contributed by atoms with van der Waals surface area (Å²) in [7, 11) is 0. The summed E-state index contributed by atoms with van der Waals surface area (Å²) in [6.07, 6.45) is 3.51. The number of nitrogens with one attached hydrogen (secondary N) is 1. The zero-order chi connectivity index (χ0) is 28.2. The Bertz CT molecular complexity index is 1810. The van der Waals surface area contributed by atoms with Crippen LogP contribution in [0.25, 0.3) is 32.9 Å². The van der Waals surface area contributed by atoms with E-state index in [4.69, 9.17) is 4.98 Å². The summed E-state index contributed by atoms with van der Waals surface area (Å²) in [5, 5.41) is 16.6. The van der Waals surface area contributed by atoms with Crippen LogP contribution in [-0.2, 0) is 30.6 Å². The largest absolute Gasteiger partial charge is 0.480 e. The van der Waals surface area contributed by atoms with Crippen molar-refractivity contribution in [2.24, 2.45) is 0 Å². The van der Waals surface area contributed by atoms with E-state index in [1.165, 1.54) is 11.9 Å². The lowest BCUT2D eigenvalue weighted by Crippen LogP contribution is -2.32. The minimum atomic E-state index is -0.924. The van der Waals surface area contributed by atoms with E-state index in [0.29, 0.717) is 12.2 Å². The fourth-order valence-corrected chi connectivity index (χ4v) is 5.77. The topological polar surface area (TPSA) is 80.0 Å². The van der Waals surface area contributed by atoms with E-state index in [-0.39, 0.29) is 0 Å². The Labute approximate surface area is 239 Å². The molecular weight excluding hydrogens is 508 g/mol. The molecular formula is C35H32N4O2. The van der Waals surface area contributed by atoms with Gasteiger partial charge in [-0.2, -0.15) is 0 Å². The Hall–Kier alpha value is -4.97. The van der Waals surface area contributed by atoms with Crippen LogP contribution >= 0.6 is 0 Å². The van der Waals surface area contributed by atoms with Crippen LogP contribution in [0.2, 0.25) is 0 Å². The highest BCUT2D eigenvalue weighted by Gasteiger charge is 2.26. The van der Waals surface area contributed by atoms with Gasteiger partial charge in [-0.1, -0.05) is 110 Å². The normalized spacial score (nSPS) is 12.0. The smallest absolute Gasteiger partial charge is 0.326 e. The Morgan fingerprint density at radius 1 is 0.854 bits per heavy atom. The molecule has 1 atom stereocenters. The lowest BCUT2D eigenvalue weighted by molar-refractivity contribution is -0.137. The summed E-state index contributed by atoms with van der Waals surface area (Å²) in [4.78, 5) is 21.9. The van der Waals surface area contributed by atoms with Gasteiger partial charge >= 0.3 is 5.97 Å². The second kappa shape index (κ2) is 11.6. The number of hydrogen-bond acceptors (Lipinski definition) is 4. The first kappa shape index (κ1) is 26.3. The molecule has 2 N–H and O–H groups in total. The molecule has 0 aliphatic heterocycles. The number of carbonyl (C=O) groups is 1. The Balaban J connectivity index is 1.54. The Morgan fingerprint density at radius 3 is 2.27 bits per heavy atom. The maximum atomic E-state index is 12.5. The monoisotopic (exact) mass is 540 g/mol. The molecule has 204 valence electrons. The Kier molecular flexibility index (Phi) is 7.46. The summed E-state index contributed by atoms with van der Waals surface area (Å²) in [5.74, 6) is -0.388. The molecule has 0 fully saturated rings. The van der Waals surface area contributed by atoms with Crippen molar-refractivity contribution >= 4 is 33.6 Å². The zero-order valence-electron chi connectivity index (χ0n) is 23.0. The number of fused-ring (bicyclic) bond motifs is 2. The van der Waals surface area contributed by atoms with Gasteiger partial charge in [-0.15, -0.1) is 0 Å². The van der Waals surface area contributed by atoms with E-state index in [1.54, 1.807) is 0 Å². The first-order chi connectivity index (χ1) is 20.1. The number of carboxylic acid groups (broad SMARTS) is 1. The van der Waals surface area contributed by atoms with Gasteiger partial charge in [-0.05, 0) is 40.3 Å². The highest BCUT2D eigenvalue weighted by atomic mass is 16.4. The molecule has 0 saturated heterocycles. The van der Waals surface area contributed by atoms with E-state index in [9.17, 15) is 9.90 Å². The SMILES string of the molecule is CCc1c(-c2cccc3ccccc23)c2c(N[C@H](Cc3ccccc3)C(=O)O)ncnc2n1CCc1ccccc1. The number of aromatic nitrogens is 3. The third-order valence-corrected chi connectivity index (χ3v) is 7.70. The van der Waals surface area contributed by atoms with Crippen LogP contribution < -0.4 is 5.32 Å². The quantitative estimate of drug-likeness (QED) is 0.193. The zero-order valence-corrected chi connectivity index (χ0v) is 23.0. The molecule has 0 radical (unpaired) electrons. The van der Waals surface area contributed by atoms with Crippen LogP contribution in [0.5, 0.6) is 0 Å². The average molecular weight is 541 g/mol. The van der Waals surface area contributed by atoms with Gasteiger partial charge in [-0.3, -0.25) is 0 Å². The van der Waals surface area contributed by atoms with Crippen molar-refractivity contribution in [3.63, 3.8) is 0 Å². The first-order valence-electron chi connectivity index (χ1n) is 14.1. The molecule has 6 heteroatoms. The molecule has 6 nitrogen and oxygen atoms in total. The minimum Gasteiger partial charge on any atom is -0.480 e. The summed E-state index contributed by atoms with van der Waals surface area (Å²) in [6, 6.07) is 34.0. The van der Waals surface area contributed by atoms with Crippen molar-refractivity contribution in [2.75, 3.05) is 5.32 Å². The van der Waals surface area contributed by atoms with Crippen LogP contribution in [0.1, 0.15) is 23.7 Å². The second-order valence-corrected chi connectivity index (χ2v) is 10.2. The molecule has 6 rings (SSSR count). The number of carboxylic acids is 1. The van der Waals surface area contributed by atoms with Crippen LogP contribution in [0.3, 0.4) is 0 Å². The maximum absolute atomic E-state index is 12.5. The van der Waals surface area contributed by atoms with Crippen molar-refractivity contribution in [1.29, 1.82) is 0 Å². The molecule has 6 aromatic rings. The van der Waals surface area contributed by atoms with Gasteiger partial charge in [0.15, 0.2) is 0 Å². The van der Waals surface area contributed by atoms with Crippen molar-refractivity contribution < 1.29 is 9.90 Å². The molecule has 0 aliphatic carbocycles. The number of anilines is 1. The number of benzene rings is 4. The first-order valence-corrected chi connectivity index (χ1v) is 14.1. The third kappa shape index (κ3) is 5.29. The number of aliphatic carboxylic acids is 1. The molecule has 2 aromatic heterocycles. The van der Waals surface area contributed by atoms with Crippen molar-refractivity contribution in [2.45, 2.75) is 38.8 Å². The van der Waals surface area contributed by atoms with E-state index in [0.717, 1.165) is 63.6 Å². The van der Waals surface area contributed by atoms with Gasteiger partial charge in [0.2, 0.25) is 0 Å². The van der Waals surface area contributed by atoms with Crippen LogP contribution in [0, 0.1) is 0 Å². The van der Waals surface area contributed by atoms with E-state index in [1.807, 2.05) is 42.5 Å². The van der Waals surface area contributed by atoms with Crippen LogP contribution in [-0.4, -0.2) is 31.7 Å². The summed E-state index contributed by atoms with van der Waals surface area (Å²) in [5.41, 5.74) is 6.31. The average Bonchev–Trinajstić information content (AvgIpc) is 3.34. The number of rotatable bonds is 10. The third-order valence-electron chi connectivity index (χ3n) is 7.70. The van der Waals surface area contributed by atoms with E-state index < -0.39 is 12.0 Å². The van der Waals surface area contributed by atoms with Gasteiger partial charge in [-0.25, -0.2) is 14.8 Å². The van der Waals surface area contributed by atoms with Crippen molar-refractivity contribution in [3.05, 3.63) is 126 Å². The number of aryl methyl sites for hydroxylation is 2. The Morgan fingerprint density at radius 2 is 1.54 bits per heavy atom. The highest BCUT2D eigenvalue weighted by molar-refractivity contribution is 6.09. The lowest BCUT2D eigenvalue weighted by atomic mass is 9.95. The molecule has 4 aromatic carbocycles. The summed E-state index contributed by atoms with van der Waals surface area (Å²) >= 11 is 0. The molecule has 0 amide bonds. The minimum absolute atomic E-state index is 0.334. The van der Waals surface area contributed by atoms with Gasteiger partial charge < -0.3 is 15.0 Å². The maximum Gasteiger partial charge on any atom is 0.326 e. The standard InChI is InChI=1S/C35H32N4O2/c1-2-30-31(28-19-11-17-26-16-9-10-18-27(26)28)32-33(38-29(35(40)41)22-25-14-7-4-8-15-25)36-23-37-34(32)39(30)21-20-24-12-5-3-6-13-24/h3-19,23,29H,2,20-22H2,1H3,(H,40,41)(H,36,37,38)/t29-/m1/s1. The lowest BCUT2D eigenvalue weighted by Gasteiger charge is -2.17. The van der Waals surface area contributed by atoms with Crippen LogP contribution in [0.15, 0.2) is 109 Å². The van der Waals surface area contributed by atoms with E-state index >= 15 is 0 Å². The molecule has 0 spiro atoms. The fourth-order valence-electron chi connectivity index (χ4n) is 5.77. The molecule has 0 unspecified atom stereocenters. The molecule has 0 bridgehead atoms. The molecule has 0 saturated carbocycles. The highest BCUT2D eigenvalue weighted by Crippen LogP contribution is 2.41. The summed E-state index contributed by atoms with van der Waals surface area (Å²) < 4.78 is 2.29. The second-order valence-electron chi connectivity index (χ2n) is 10.2. The van der Waals surface area contributed by atoms with E-state index in [2.05, 4.69) is 82.5 Å². The van der Waals surface area contributed by atoms with Gasteiger partial charge in [0.25, 0.3) is 0 Å². The summed E-state index contributed by atoms with van der Waals surface area (Å²) in [6.45, 7) is 2.91. The van der Waals surface area contributed by atoms with Gasteiger partial charge in [0, 0.05) is 24.2 Å². The van der Waals surface area contributed by atoms with Crippen LogP contribution in [0.4, 0.5) is 5.82 Å². The van der Waals surface area contributed by atoms with Crippen molar-refractivity contribution in [3.8, 4) is 11.1 Å². The molecule has 41 heavy (non-hydrogen) atoms. The van der Waals surface area contributed by atoms with Gasteiger partial charge in [0.05, 0.1) is 5.39 Å².